The zero-order valence-electron chi connectivity index (χ0n) is 15.9. The van der Waals surface area contributed by atoms with Crippen molar-refractivity contribution in [3.63, 3.8) is 0 Å². The number of hydrogen-bond acceptors (Lipinski definition) is 8. The van der Waals surface area contributed by atoms with Crippen LogP contribution in [0.15, 0.2) is 70.2 Å². The molecule has 1 aromatic heterocycles. The number of H-pyrrole nitrogens is 1. The van der Waals surface area contributed by atoms with Gasteiger partial charge in [-0.1, -0.05) is 18.2 Å². The Hall–Kier alpha value is -3.30. The van der Waals surface area contributed by atoms with Crippen LogP contribution in [0.5, 0.6) is 0 Å². The van der Waals surface area contributed by atoms with Gasteiger partial charge in [0.25, 0.3) is 11.7 Å². The predicted molar refractivity (Wildman–Crippen MR) is 111 cm³/mol. The second-order valence-corrected chi connectivity index (χ2v) is 7.76. The summed E-state index contributed by atoms with van der Waals surface area (Å²) in [6.07, 6.45) is 7.29. The number of aromatic amines is 1. The maximum absolute atomic E-state index is 10.9. The summed E-state index contributed by atoms with van der Waals surface area (Å²) in [6.45, 7) is 4.12. The number of carboxylic acids is 1. The molecule has 0 aliphatic carbocycles. The molecule has 2 aromatic rings. The molecular weight excluding hydrogens is 388 g/mol. The first-order chi connectivity index (χ1) is 14.0. The summed E-state index contributed by atoms with van der Waals surface area (Å²) in [5, 5.41) is 21.3. The third-order valence-electron chi connectivity index (χ3n) is 4.31. The van der Waals surface area contributed by atoms with E-state index in [1.807, 2.05) is 54.6 Å². The van der Waals surface area contributed by atoms with Crippen LogP contribution in [-0.4, -0.2) is 32.9 Å². The molecule has 1 radical (unpaired) electrons. The number of carbonyl (C=O) groups is 1. The summed E-state index contributed by atoms with van der Waals surface area (Å²) in [6, 6.07) is 9.62. The standard InChI is InChI=1S/C20H20N6O2S/c1-13(20(27)28)9-15-3-5-16(6-4-15)29-25-11-18-21-7-8-26(18)19(12-25)22-17-10-14(2)23-24-17/h3-10,12H,11H2,1-2H3,(H,27,28)(H2,22,23,24)/q+1/p-1/b13-9+. The summed E-state index contributed by atoms with van der Waals surface area (Å²) >= 11 is 1.57. The molecule has 29 heavy (non-hydrogen) atoms. The minimum absolute atomic E-state index is 0.195. The lowest BCUT2D eigenvalue weighted by atomic mass is 10.1. The van der Waals surface area contributed by atoms with Gasteiger partial charge in [0, 0.05) is 16.7 Å². The first-order valence-electron chi connectivity index (χ1n) is 8.96. The van der Waals surface area contributed by atoms with Gasteiger partial charge < -0.3 is 9.90 Å². The SMILES string of the molecule is C/C(=C\c1ccc(SN2C=C(Nc3cc(C)[nH]n3)[N+]3C=CN=C3C2)cc1)C(=O)[O-]. The molecular formula is C20H19N6O2S. The fourth-order valence-electron chi connectivity index (χ4n) is 2.89. The molecule has 9 heteroatoms. The quantitative estimate of drug-likeness (QED) is 0.432. The van der Waals surface area contributed by atoms with E-state index in [9.17, 15) is 9.90 Å². The summed E-state index contributed by atoms with van der Waals surface area (Å²) in [5.41, 5.74) is 1.99. The number of benzene rings is 1. The van der Waals surface area contributed by atoms with Crippen molar-refractivity contribution in [1.29, 1.82) is 0 Å². The highest BCUT2D eigenvalue weighted by Gasteiger charge is 2.37. The molecule has 147 valence electrons. The van der Waals surface area contributed by atoms with Gasteiger partial charge in [0.1, 0.15) is 6.54 Å². The molecule has 0 amide bonds. The van der Waals surface area contributed by atoms with Crippen LogP contribution in [0, 0.1) is 6.92 Å². The molecule has 0 spiro atoms. The average Bonchev–Trinajstić information content (AvgIpc) is 3.32. The molecule has 0 unspecified atom stereocenters. The van der Waals surface area contributed by atoms with E-state index in [1.54, 1.807) is 24.2 Å². The van der Waals surface area contributed by atoms with Crippen LogP contribution >= 0.6 is 11.9 Å². The van der Waals surface area contributed by atoms with E-state index >= 15 is 0 Å². The highest BCUT2D eigenvalue weighted by molar-refractivity contribution is 7.97. The molecule has 2 aliphatic rings. The van der Waals surface area contributed by atoms with E-state index in [2.05, 4.69) is 24.8 Å². The van der Waals surface area contributed by atoms with Crippen LogP contribution in [0.25, 0.3) is 6.08 Å². The lowest BCUT2D eigenvalue weighted by Crippen LogP contribution is -2.42. The smallest absolute Gasteiger partial charge is 0.285 e. The van der Waals surface area contributed by atoms with Crippen LogP contribution in [0.4, 0.5) is 5.82 Å². The van der Waals surface area contributed by atoms with E-state index in [4.69, 9.17) is 0 Å². The Kier molecular flexibility index (Phi) is 5.24. The zero-order chi connectivity index (χ0) is 20.4. The maximum Gasteiger partial charge on any atom is 0.285 e. The van der Waals surface area contributed by atoms with Crippen LogP contribution in [-0.2, 0) is 4.79 Å². The molecule has 2 aliphatic heterocycles. The normalized spacial score (nSPS) is 16.5. The molecule has 2 N–H and O–H groups in total. The number of amidine groups is 1. The second kappa shape index (κ2) is 7.98. The Morgan fingerprint density at radius 2 is 2.17 bits per heavy atom. The number of carboxylic acid groups (broad SMARTS) is 1. The molecule has 1 aromatic carbocycles. The van der Waals surface area contributed by atoms with E-state index in [0.29, 0.717) is 6.54 Å². The molecule has 8 nitrogen and oxygen atoms in total. The Morgan fingerprint density at radius 1 is 1.38 bits per heavy atom. The van der Waals surface area contributed by atoms with Crippen LogP contribution in [0.1, 0.15) is 18.2 Å². The van der Waals surface area contributed by atoms with Crippen molar-refractivity contribution in [3.05, 3.63) is 71.6 Å². The minimum atomic E-state index is -1.16. The van der Waals surface area contributed by atoms with Crippen LogP contribution in [0.3, 0.4) is 0 Å². The van der Waals surface area contributed by atoms with Crippen molar-refractivity contribution in [2.45, 2.75) is 18.7 Å². The number of nitrogens with one attached hydrogen (secondary N) is 2. The van der Waals surface area contributed by atoms with Gasteiger partial charge in [0.2, 0.25) is 0 Å². The molecule has 4 rings (SSSR count). The van der Waals surface area contributed by atoms with Gasteiger partial charge in [0.15, 0.2) is 12.0 Å². The van der Waals surface area contributed by atoms with Gasteiger partial charge in [0.05, 0.1) is 18.4 Å². The Labute approximate surface area is 172 Å². The molecule has 0 atom stereocenters. The average molecular weight is 407 g/mol. The Bertz CT molecular complexity index is 1050. The highest BCUT2D eigenvalue weighted by Crippen LogP contribution is 2.28. The lowest BCUT2D eigenvalue weighted by molar-refractivity contribution is -0.299. The number of aliphatic carboxylic acids is 1. The molecule has 0 saturated carbocycles. The number of fused-ring (bicyclic) bond motifs is 1. The van der Waals surface area contributed by atoms with Gasteiger partial charge in [-0.3, -0.25) is 14.7 Å². The third-order valence-corrected chi connectivity index (χ3v) is 5.26. The topological polar surface area (TPSA) is 102 Å². The van der Waals surface area contributed by atoms with E-state index in [0.717, 1.165) is 33.6 Å². The number of aliphatic imine (C=N–C) groups is 1. The summed E-state index contributed by atoms with van der Waals surface area (Å²) in [7, 11) is 0. The van der Waals surface area contributed by atoms with Crippen molar-refractivity contribution in [2.75, 3.05) is 11.9 Å². The molecule has 0 fully saturated rings. The largest absolute Gasteiger partial charge is 0.545 e. The Balaban J connectivity index is 1.50. The fraction of sp³-hybridized carbons (Fsp3) is 0.150. The number of anilines is 1. The fourth-order valence-corrected chi connectivity index (χ4v) is 3.75. The number of aryl methyl sites for hydroxylation is 1. The number of carbonyl (C=O) groups excluding carboxylic acids is 1. The molecule has 0 bridgehead atoms. The van der Waals surface area contributed by atoms with Crippen LogP contribution < -0.4 is 15.3 Å². The van der Waals surface area contributed by atoms with Crippen molar-refractivity contribution in [3.8, 4) is 0 Å². The van der Waals surface area contributed by atoms with Crippen molar-refractivity contribution < 1.29 is 9.90 Å². The first-order valence-corrected chi connectivity index (χ1v) is 9.73. The lowest BCUT2D eigenvalue weighted by Gasteiger charge is -2.24. The van der Waals surface area contributed by atoms with Crippen molar-refractivity contribution in [2.24, 2.45) is 4.99 Å². The van der Waals surface area contributed by atoms with Gasteiger partial charge in [-0.05, 0) is 54.0 Å². The second-order valence-electron chi connectivity index (χ2n) is 6.64. The van der Waals surface area contributed by atoms with E-state index in [1.165, 1.54) is 6.92 Å². The van der Waals surface area contributed by atoms with Gasteiger partial charge >= 0.3 is 0 Å². The van der Waals surface area contributed by atoms with E-state index < -0.39 is 5.97 Å². The summed E-state index contributed by atoms with van der Waals surface area (Å²) < 4.78 is 2.08. The number of rotatable bonds is 6. The van der Waals surface area contributed by atoms with Gasteiger partial charge in [-0.2, -0.15) is 10.1 Å². The summed E-state index contributed by atoms with van der Waals surface area (Å²) in [4.78, 5) is 18.3. The third kappa shape index (κ3) is 4.41. The molecule has 0 saturated heterocycles. The number of nitrogens with zero attached hydrogens (tertiary/aromatic N) is 4. The van der Waals surface area contributed by atoms with Crippen LogP contribution in [0.2, 0.25) is 0 Å². The zero-order valence-corrected chi connectivity index (χ0v) is 16.7. The minimum Gasteiger partial charge on any atom is -0.545 e. The monoisotopic (exact) mass is 407 g/mol. The number of hydrogen-bond donors (Lipinski definition) is 2. The first kappa shape index (κ1) is 19.0. The predicted octanol–water partition coefficient (Wildman–Crippen LogP) is 2.13. The Morgan fingerprint density at radius 3 is 2.86 bits per heavy atom. The van der Waals surface area contributed by atoms with E-state index in [-0.39, 0.29) is 5.57 Å². The number of aromatic nitrogens is 2. The van der Waals surface area contributed by atoms with Gasteiger partial charge in [-0.25, -0.2) is 0 Å². The van der Waals surface area contributed by atoms with Crippen molar-refractivity contribution >= 4 is 35.6 Å². The summed E-state index contributed by atoms with van der Waals surface area (Å²) in [5.74, 6) is 1.34. The molecule has 3 heterocycles. The highest BCUT2D eigenvalue weighted by atomic mass is 32.2. The van der Waals surface area contributed by atoms with Gasteiger partial charge in [-0.15, -0.1) is 0 Å². The van der Waals surface area contributed by atoms with Crippen molar-refractivity contribution in [1.82, 2.24) is 19.4 Å². The maximum atomic E-state index is 10.9.